The van der Waals surface area contributed by atoms with Gasteiger partial charge >= 0.3 is 0 Å². The van der Waals surface area contributed by atoms with E-state index in [1.807, 2.05) is 0 Å². The van der Waals surface area contributed by atoms with Crippen LogP contribution in [0.5, 0.6) is 0 Å². The highest BCUT2D eigenvalue weighted by Crippen LogP contribution is 2.23. The van der Waals surface area contributed by atoms with Crippen molar-refractivity contribution in [2.24, 2.45) is 0 Å². The summed E-state index contributed by atoms with van der Waals surface area (Å²) in [7, 11) is -3.52. The molecule has 1 heterocycles. The van der Waals surface area contributed by atoms with E-state index in [1.165, 1.54) is 24.3 Å². The molecule has 2 aliphatic rings. The van der Waals surface area contributed by atoms with Crippen molar-refractivity contribution in [1.82, 2.24) is 9.62 Å². The second-order valence-corrected chi connectivity index (χ2v) is 9.24. The Kier molecular flexibility index (Phi) is 5.56. The van der Waals surface area contributed by atoms with E-state index in [0.29, 0.717) is 25.2 Å². The molecule has 2 aromatic carbocycles. The largest absolute Gasteiger partial charge is 0.370 e. The molecule has 1 amide bonds. The number of sulfonamides is 1. The van der Waals surface area contributed by atoms with Crippen molar-refractivity contribution in [2.45, 2.75) is 30.2 Å². The Balaban J connectivity index is 1.40. The summed E-state index contributed by atoms with van der Waals surface area (Å²) in [4.78, 5) is 17.0. The fourth-order valence-corrected chi connectivity index (χ4v) is 4.78. The Labute approximate surface area is 170 Å². The second-order valence-electron chi connectivity index (χ2n) is 7.53. The molecule has 1 N–H and O–H groups in total. The summed E-state index contributed by atoms with van der Waals surface area (Å²) in [6.45, 7) is 2.63. The van der Waals surface area contributed by atoms with Crippen LogP contribution >= 0.6 is 0 Å². The standard InChI is InChI=1S/C21H24FN3O3S/c22-17-4-8-19(9-5-17)24-12-1-13-25(15-14-24)21(26)16-2-10-20(11-3-16)29(27,28)23-18-6-7-18/h2-5,8-11,18,23H,1,6-7,12-15H2. The topological polar surface area (TPSA) is 69.7 Å². The summed E-state index contributed by atoms with van der Waals surface area (Å²) in [6, 6.07) is 12.6. The van der Waals surface area contributed by atoms with Gasteiger partial charge in [-0.2, -0.15) is 0 Å². The summed E-state index contributed by atoms with van der Waals surface area (Å²) in [5, 5.41) is 0. The van der Waals surface area contributed by atoms with Crippen LogP contribution in [0, 0.1) is 5.82 Å². The van der Waals surface area contributed by atoms with Crippen molar-refractivity contribution in [2.75, 3.05) is 31.1 Å². The molecule has 0 aromatic heterocycles. The minimum absolute atomic E-state index is 0.0439. The molecule has 2 fully saturated rings. The van der Waals surface area contributed by atoms with Gasteiger partial charge < -0.3 is 9.80 Å². The third kappa shape index (κ3) is 4.76. The first-order valence-corrected chi connectivity index (χ1v) is 11.3. The molecule has 1 aliphatic carbocycles. The van der Waals surface area contributed by atoms with Crippen molar-refractivity contribution < 1.29 is 17.6 Å². The number of carbonyl (C=O) groups excluding carboxylic acids is 1. The minimum Gasteiger partial charge on any atom is -0.370 e. The number of nitrogens with zero attached hydrogens (tertiary/aromatic N) is 2. The van der Waals surface area contributed by atoms with Gasteiger partial charge in [-0.3, -0.25) is 4.79 Å². The van der Waals surface area contributed by atoms with Gasteiger partial charge in [0.25, 0.3) is 5.91 Å². The molecular formula is C21H24FN3O3S. The molecular weight excluding hydrogens is 393 g/mol. The van der Waals surface area contributed by atoms with E-state index in [9.17, 15) is 17.6 Å². The van der Waals surface area contributed by atoms with Crippen molar-refractivity contribution >= 4 is 21.6 Å². The number of anilines is 1. The summed E-state index contributed by atoms with van der Waals surface area (Å²) in [5.74, 6) is -0.372. The lowest BCUT2D eigenvalue weighted by Crippen LogP contribution is -2.35. The van der Waals surface area contributed by atoms with E-state index in [0.717, 1.165) is 31.5 Å². The number of benzene rings is 2. The number of halogens is 1. The Morgan fingerprint density at radius 3 is 2.28 bits per heavy atom. The highest BCUT2D eigenvalue weighted by atomic mass is 32.2. The number of nitrogens with one attached hydrogen (secondary N) is 1. The molecule has 1 saturated carbocycles. The van der Waals surface area contributed by atoms with Crippen LogP contribution in [0.1, 0.15) is 29.6 Å². The summed E-state index contributed by atoms with van der Waals surface area (Å²) < 4.78 is 40.3. The van der Waals surface area contributed by atoms with Crippen LogP contribution in [0.15, 0.2) is 53.4 Å². The average molecular weight is 418 g/mol. The van der Waals surface area contributed by atoms with E-state index in [4.69, 9.17) is 0 Å². The SMILES string of the molecule is O=C(c1ccc(S(=O)(=O)NC2CC2)cc1)N1CCCN(c2ccc(F)cc2)CC1. The number of rotatable bonds is 5. The van der Waals surface area contributed by atoms with Crippen LogP contribution in [-0.4, -0.2) is 51.4 Å². The quantitative estimate of drug-likeness (QED) is 0.812. The lowest BCUT2D eigenvalue weighted by atomic mass is 10.2. The smallest absolute Gasteiger partial charge is 0.253 e. The van der Waals surface area contributed by atoms with Crippen LogP contribution in [0.3, 0.4) is 0 Å². The Morgan fingerprint density at radius 2 is 1.62 bits per heavy atom. The first kappa shape index (κ1) is 19.8. The van der Waals surface area contributed by atoms with E-state index in [2.05, 4.69) is 9.62 Å². The van der Waals surface area contributed by atoms with Gasteiger partial charge in [-0.1, -0.05) is 0 Å². The Morgan fingerprint density at radius 1 is 0.931 bits per heavy atom. The fourth-order valence-electron chi connectivity index (χ4n) is 3.48. The molecule has 0 radical (unpaired) electrons. The van der Waals surface area contributed by atoms with E-state index in [-0.39, 0.29) is 22.7 Å². The molecule has 6 nitrogen and oxygen atoms in total. The zero-order valence-corrected chi connectivity index (χ0v) is 16.9. The predicted molar refractivity (Wildman–Crippen MR) is 109 cm³/mol. The summed E-state index contributed by atoms with van der Waals surface area (Å²) in [6.07, 6.45) is 2.56. The van der Waals surface area contributed by atoms with Crippen molar-refractivity contribution in [3.05, 3.63) is 59.9 Å². The van der Waals surface area contributed by atoms with Gasteiger partial charge in [0.15, 0.2) is 0 Å². The molecule has 4 rings (SSSR count). The third-order valence-corrected chi connectivity index (χ3v) is 6.82. The molecule has 0 atom stereocenters. The van der Waals surface area contributed by atoms with Gasteiger partial charge in [-0.25, -0.2) is 17.5 Å². The fraction of sp³-hybridized carbons (Fsp3) is 0.381. The van der Waals surface area contributed by atoms with Gasteiger partial charge in [0.2, 0.25) is 10.0 Å². The summed E-state index contributed by atoms with van der Waals surface area (Å²) in [5.41, 5.74) is 1.42. The monoisotopic (exact) mass is 417 g/mol. The number of hydrogen-bond donors (Lipinski definition) is 1. The van der Waals surface area contributed by atoms with Gasteiger partial charge in [0.05, 0.1) is 4.90 Å². The first-order chi connectivity index (χ1) is 13.9. The predicted octanol–water partition coefficient (Wildman–Crippen LogP) is 2.62. The molecule has 2 aromatic rings. The van der Waals surface area contributed by atoms with Gasteiger partial charge in [-0.15, -0.1) is 0 Å². The van der Waals surface area contributed by atoms with Crippen LogP contribution in [0.2, 0.25) is 0 Å². The zero-order chi connectivity index (χ0) is 20.4. The maximum atomic E-state index is 13.1. The normalized spacial score (nSPS) is 17.8. The van der Waals surface area contributed by atoms with Crippen LogP contribution in [-0.2, 0) is 10.0 Å². The van der Waals surface area contributed by atoms with Crippen molar-refractivity contribution in [3.8, 4) is 0 Å². The highest BCUT2D eigenvalue weighted by molar-refractivity contribution is 7.89. The second kappa shape index (κ2) is 8.12. The molecule has 0 unspecified atom stereocenters. The maximum Gasteiger partial charge on any atom is 0.253 e. The molecule has 1 aliphatic heterocycles. The molecule has 1 saturated heterocycles. The maximum absolute atomic E-state index is 13.1. The van der Waals surface area contributed by atoms with Gasteiger partial charge in [0.1, 0.15) is 5.82 Å². The highest BCUT2D eigenvalue weighted by Gasteiger charge is 2.28. The molecule has 0 bridgehead atoms. The molecule has 154 valence electrons. The number of carbonyl (C=O) groups is 1. The van der Waals surface area contributed by atoms with Crippen LogP contribution < -0.4 is 9.62 Å². The number of hydrogen-bond acceptors (Lipinski definition) is 4. The van der Waals surface area contributed by atoms with Gasteiger partial charge in [-0.05, 0) is 67.8 Å². The lowest BCUT2D eigenvalue weighted by Gasteiger charge is -2.24. The van der Waals surface area contributed by atoms with Crippen LogP contribution in [0.25, 0.3) is 0 Å². The molecule has 0 spiro atoms. The Bertz CT molecular complexity index is 973. The van der Waals surface area contributed by atoms with Crippen molar-refractivity contribution in [3.63, 3.8) is 0 Å². The van der Waals surface area contributed by atoms with E-state index < -0.39 is 10.0 Å². The minimum atomic E-state index is -3.52. The lowest BCUT2D eigenvalue weighted by molar-refractivity contribution is 0.0767. The van der Waals surface area contributed by atoms with Crippen LogP contribution in [0.4, 0.5) is 10.1 Å². The zero-order valence-electron chi connectivity index (χ0n) is 16.1. The van der Waals surface area contributed by atoms with E-state index in [1.54, 1.807) is 29.2 Å². The molecule has 29 heavy (non-hydrogen) atoms. The molecule has 8 heteroatoms. The summed E-state index contributed by atoms with van der Waals surface area (Å²) >= 11 is 0. The van der Waals surface area contributed by atoms with E-state index >= 15 is 0 Å². The van der Waals surface area contributed by atoms with Gasteiger partial charge in [0, 0.05) is 43.5 Å². The Hall–Kier alpha value is -2.45. The third-order valence-electron chi connectivity index (χ3n) is 5.29. The van der Waals surface area contributed by atoms with Crippen molar-refractivity contribution in [1.29, 1.82) is 0 Å². The average Bonchev–Trinajstić information content (AvgIpc) is 3.54. The number of amides is 1. The first-order valence-electron chi connectivity index (χ1n) is 9.84.